The van der Waals surface area contributed by atoms with Crippen LogP contribution >= 0.6 is 0 Å². The molecule has 2 saturated heterocycles. The first-order valence-corrected chi connectivity index (χ1v) is 19.5. The number of nitrogens with one attached hydrogen (secondary N) is 4. The van der Waals surface area contributed by atoms with Crippen LogP contribution in [0.1, 0.15) is 101 Å². The second-order valence-corrected chi connectivity index (χ2v) is 14.8. The van der Waals surface area contributed by atoms with Gasteiger partial charge in [-0.3, -0.25) is 9.59 Å². The summed E-state index contributed by atoms with van der Waals surface area (Å²) in [6, 6.07) is 10.4. The maximum atomic E-state index is 13.7. The molecule has 4 N–H and O–H groups in total. The molecule has 4 aromatic rings. The van der Waals surface area contributed by atoms with E-state index >= 15 is 0 Å². The number of fused-ring (bicyclic) bond motifs is 1. The van der Waals surface area contributed by atoms with Crippen LogP contribution in [0.15, 0.2) is 48.8 Å². The van der Waals surface area contributed by atoms with E-state index in [0.29, 0.717) is 24.6 Å². The van der Waals surface area contributed by atoms with Crippen molar-refractivity contribution in [2.45, 2.75) is 90.4 Å². The molecule has 2 aliphatic rings. The maximum Gasteiger partial charge on any atom is 0.407 e. The second kappa shape index (κ2) is 17.7. The summed E-state index contributed by atoms with van der Waals surface area (Å²) >= 11 is 0. The molecule has 2 fully saturated rings. The fraction of sp³-hybridized carbons (Fsp3) is 0.476. The number of alkyl carbamates (subject to hydrolysis) is 2. The lowest BCUT2D eigenvalue weighted by Gasteiger charge is -2.30. The van der Waals surface area contributed by atoms with Gasteiger partial charge in [0, 0.05) is 30.4 Å². The average molecular weight is 765 g/mol. The molecule has 0 saturated carbocycles. The van der Waals surface area contributed by atoms with Crippen LogP contribution < -0.4 is 10.6 Å². The molecule has 0 spiro atoms. The molecule has 6 unspecified atom stereocenters. The van der Waals surface area contributed by atoms with Gasteiger partial charge in [0.25, 0.3) is 0 Å². The molecule has 0 radical (unpaired) electrons. The van der Waals surface area contributed by atoms with E-state index in [-0.39, 0.29) is 35.7 Å². The van der Waals surface area contributed by atoms with Crippen LogP contribution in [0.4, 0.5) is 9.59 Å². The minimum absolute atomic E-state index is 0.0588. The number of nitrogens with zero attached hydrogens (tertiary/aromatic N) is 4. The summed E-state index contributed by atoms with van der Waals surface area (Å²) in [5, 5.41) is 7.54. The van der Waals surface area contributed by atoms with Gasteiger partial charge in [-0.2, -0.15) is 0 Å². The fourth-order valence-corrected chi connectivity index (χ4v) is 7.58. The Labute approximate surface area is 327 Å². The summed E-state index contributed by atoms with van der Waals surface area (Å²) in [6.45, 7) is 9.05. The predicted octanol–water partition coefficient (Wildman–Crippen LogP) is 6.22. The molecule has 14 nitrogen and oxygen atoms in total. The lowest BCUT2D eigenvalue weighted by Crippen LogP contribution is -2.51. The number of methoxy groups -OCH3 is 2. The van der Waals surface area contributed by atoms with E-state index < -0.39 is 24.3 Å². The minimum Gasteiger partial charge on any atom is -0.453 e. The van der Waals surface area contributed by atoms with Gasteiger partial charge in [-0.15, -0.1) is 0 Å². The lowest BCUT2D eigenvalue weighted by atomic mass is 9.97. The van der Waals surface area contributed by atoms with Crippen molar-refractivity contribution in [3.63, 3.8) is 0 Å². The third-order valence-electron chi connectivity index (χ3n) is 11.3. The number of H-pyrrole nitrogens is 2. The van der Waals surface area contributed by atoms with Crippen LogP contribution in [0.3, 0.4) is 0 Å². The standard InChI is InChI=1S/C42H52N8O6/c1-7-25(3)35(47-41(53)55-5)39(51)49-19-9-11-33(49)37-43-23-31(45-37)18-14-27-13-15-29-22-30(17-16-28(29)21-27)32-24-44-38(46-32)34-12-10-20-50(34)40(52)36(26(4)8-2)48-42(54)56-6/h13,15-17,21-26,33-36H,7-12,19-20H2,1-6H3,(H,43,45)(H,44,46)(H,47,53)(H,48,54). The number of aromatic nitrogens is 4. The van der Waals surface area contributed by atoms with Crippen LogP contribution in [0.25, 0.3) is 22.0 Å². The Morgan fingerprint density at radius 3 is 1.98 bits per heavy atom. The molecule has 2 aromatic carbocycles. The summed E-state index contributed by atoms with van der Waals surface area (Å²) in [6.07, 6.45) is 7.00. The molecule has 4 heterocycles. The zero-order valence-corrected chi connectivity index (χ0v) is 33.0. The number of carbonyl (C=O) groups excluding carboxylic acids is 4. The Bertz CT molecular complexity index is 2120. The quantitative estimate of drug-likeness (QED) is 0.130. The summed E-state index contributed by atoms with van der Waals surface area (Å²) < 4.78 is 9.58. The molecule has 2 aromatic heterocycles. The van der Waals surface area contributed by atoms with Gasteiger partial charge < -0.3 is 39.9 Å². The average Bonchev–Trinajstić information content (AvgIpc) is 4.06. The van der Waals surface area contributed by atoms with E-state index in [0.717, 1.165) is 71.9 Å². The molecule has 4 amide bonds. The molecular weight excluding hydrogens is 713 g/mol. The Hall–Kier alpha value is -5.84. The van der Waals surface area contributed by atoms with Crippen molar-refractivity contribution < 1.29 is 28.7 Å². The van der Waals surface area contributed by atoms with Gasteiger partial charge in [-0.1, -0.05) is 64.7 Å². The molecule has 6 rings (SSSR count). The zero-order valence-electron chi connectivity index (χ0n) is 33.0. The zero-order chi connectivity index (χ0) is 39.9. The number of amides is 4. The number of rotatable bonds is 11. The molecule has 296 valence electrons. The molecule has 2 aliphatic heterocycles. The third-order valence-corrected chi connectivity index (χ3v) is 11.3. The predicted molar refractivity (Wildman–Crippen MR) is 211 cm³/mol. The highest BCUT2D eigenvalue weighted by molar-refractivity contribution is 5.89. The Morgan fingerprint density at radius 2 is 1.39 bits per heavy atom. The maximum absolute atomic E-state index is 13.7. The van der Waals surface area contributed by atoms with Crippen molar-refractivity contribution >= 4 is 34.8 Å². The van der Waals surface area contributed by atoms with Crippen LogP contribution in [0.2, 0.25) is 0 Å². The van der Waals surface area contributed by atoms with Crippen molar-refractivity contribution in [2.75, 3.05) is 27.3 Å². The number of ether oxygens (including phenoxy) is 2. The molecule has 6 atom stereocenters. The summed E-state index contributed by atoms with van der Waals surface area (Å²) in [5.41, 5.74) is 3.23. The van der Waals surface area contributed by atoms with E-state index in [4.69, 9.17) is 19.4 Å². The van der Waals surface area contributed by atoms with Crippen LogP contribution in [-0.4, -0.2) is 93.1 Å². The molecular formula is C42H52N8O6. The molecule has 56 heavy (non-hydrogen) atoms. The Kier molecular flexibility index (Phi) is 12.6. The van der Waals surface area contributed by atoms with Crippen LogP contribution in [0, 0.1) is 23.7 Å². The first-order chi connectivity index (χ1) is 27.0. The van der Waals surface area contributed by atoms with Gasteiger partial charge in [-0.05, 0) is 72.4 Å². The van der Waals surface area contributed by atoms with Crippen molar-refractivity contribution in [1.82, 2.24) is 40.4 Å². The number of carbonyl (C=O) groups is 4. The van der Waals surface area contributed by atoms with E-state index in [2.05, 4.69) is 44.6 Å². The normalized spacial score (nSPS) is 18.8. The number of benzene rings is 2. The number of hydrogen-bond acceptors (Lipinski definition) is 8. The fourth-order valence-electron chi connectivity index (χ4n) is 7.58. The van der Waals surface area contributed by atoms with Crippen molar-refractivity contribution in [1.29, 1.82) is 0 Å². The summed E-state index contributed by atoms with van der Waals surface area (Å²) in [5.74, 6) is 7.40. The van der Waals surface area contributed by atoms with Crippen molar-refractivity contribution in [3.05, 3.63) is 71.7 Å². The summed E-state index contributed by atoms with van der Waals surface area (Å²) in [4.78, 5) is 71.2. The Balaban J connectivity index is 1.13. The van der Waals surface area contributed by atoms with Crippen molar-refractivity contribution in [2.24, 2.45) is 11.8 Å². The van der Waals surface area contributed by atoms with Gasteiger partial charge in [0.05, 0.1) is 38.2 Å². The Morgan fingerprint density at radius 1 is 0.821 bits per heavy atom. The molecule has 0 aliphatic carbocycles. The minimum atomic E-state index is -0.685. The molecule has 0 bridgehead atoms. The van der Waals surface area contributed by atoms with Gasteiger partial charge in [0.15, 0.2) is 0 Å². The van der Waals surface area contributed by atoms with E-state index in [1.165, 1.54) is 14.2 Å². The van der Waals surface area contributed by atoms with E-state index in [1.807, 2.05) is 56.9 Å². The second-order valence-electron chi connectivity index (χ2n) is 14.8. The number of hydrogen-bond donors (Lipinski definition) is 4. The molecule has 14 heteroatoms. The largest absolute Gasteiger partial charge is 0.453 e. The van der Waals surface area contributed by atoms with Gasteiger partial charge in [0.1, 0.15) is 29.4 Å². The van der Waals surface area contributed by atoms with Gasteiger partial charge >= 0.3 is 12.2 Å². The first kappa shape index (κ1) is 39.8. The van der Waals surface area contributed by atoms with Gasteiger partial charge in [-0.25, -0.2) is 19.6 Å². The lowest BCUT2D eigenvalue weighted by molar-refractivity contribution is -0.136. The van der Waals surface area contributed by atoms with Crippen molar-refractivity contribution in [3.8, 4) is 23.1 Å². The number of likely N-dealkylation sites (tertiary alicyclic amines) is 2. The monoisotopic (exact) mass is 764 g/mol. The van der Waals surface area contributed by atoms with Gasteiger partial charge in [0.2, 0.25) is 11.8 Å². The highest BCUT2D eigenvalue weighted by Gasteiger charge is 2.39. The SMILES string of the molecule is CCC(C)C(NC(=O)OC)C(=O)N1CCCC1c1nc(C#Cc2ccc3cc(-c4cnc(C5CCCN5C(=O)C(NC(=O)OC)C(C)CC)[nH]4)ccc3c2)c[nH]1. The van der Waals surface area contributed by atoms with E-state index in [1.54, 1.807) is 17.3 Å². The highest BCUT2D eigenvalue weighted by Crippen LogP contribution is 2.34. The topological polar surface area (TPSA) is 175 Å². The van der Waals surface area contributed by atoms with E-state index in [9.17, 15) is 19.2 Å². The number of aromatic amines is 2. The number of imidazole rings is 2. The first-order valence-electron chi connectivity index (χ1n) is 19.5. The summed E-state index contributed by atoms with van der Waals surface area (Å²) in [7, 11) is 2.59. The van der Waals surface area contributed by atoms with Crippen LogP contribution in [0.5, 0.6) is 0 Å². The van der Waals surface area contributed by atoms with Crippen LogP contribution in [-0.2, 0) is 19.1 Å². The third kappa shape index (κ3) is 8.67. The smallest absolute Gasteiger partial charge is 0.407 e. The highest BCUT2D eigenvalue weighted by atomic mass is 16.5.